The van der Waals surface area contributed by atoms with Crippen molar-refractivity contribution in [1.82, 2.24) is 14.8 Å². The number of aromatic nitrogens is 1. The fraction of sp³-hybridized carbons (Fsp3) is 0.333. The summed E-state index contributed by atoms with van der Waals surface area (Å²) in [5, 5.41) is 4.18. The van der Waals surface area contributed by atoms with Gasteiger partial charge in [0.15, 0.2) is 0 Å². The molecule has 1 aliphatic heterocycles. The van der Waals surface area contributed by atoms with Gasteiger partial charge in [0.1, 0.15) is 5.70 Å². The van der Waals surface area contributed by atoms with Crippen LogP contribution in [0.2, 0.25) is 0 Å². The number of nitrogens with one attached hydrogen (secondary N) is 1. The highest BCUT2D eigenvalue weighted by Crippen LogP contribution is 2.33. The minimum Gasteiger partial charge on any atom is -0.375 e. The molecule has 3 rings (SSSR count). The van der Waals surface area contributed by atoms with E-state index in [4.69, 9.17) is 0 Å². The Morgan fingerprint density at radius 2 is 1.65 bits per heavy atom. The van der Waals surface area contributed by atoms with Crippen LogP contribution in [0.5, 0.6) is 0 Å². The monoisotopic (exact) mass is 311 g/mol. The molecule has 5 nitrogen and oxygen atoms in total. The van der Waals surface area contributed by atoms with E-state index in [9.17, 15) is 9.59 Å². The Labute approximate surface area is 135 Å². The van der Waals surface area contributed by atoms with Crippen molar-refractivity contribution in [2.45, 2.75) is 26.3 Å². The molecule has 0 radical (unpaired) electrons. The zero-order valence-electron chi connectivity index (χ0n) is 14.1. The summed E-state index contributed by atoms with van der Waals surface area (Å²) in [6, 6.07) is 7.88. The van der Waals surface area contributed by atoms with Gasteiger partial charge in [-0.3, -0.25) is 14.5 Å². The van der Waals surface area contributed by atoms with Gasteiger partial charge in [-0.25, -0.2) is 0 Å². The second-order valence-electron chi connectivity index (χ2n) is 6.97. The van der Waals surface area contributed by atoms with Crippen molar-refractivity contribution in [3.63, 3.8) is 0 Å². The maximum absolute atomic E-state index is 12.7. The van der Waals surface area contributed by atoms with Crippen molar-refractivity contribution in [1.29, 1.82) is 0 Å². The predicted molar refractivity (Wildman–Crippen MR) is 90.5 cm³/mol. The third-order valence-electron chi connectivity index (χ3n) is 3.95. The Balaban J connectivity index is 2.28. The summed E-state index contributed by atoms with van der Waals surface area (Å²) in [7, 11) is 3.46. The van der Waals surface area contributed by atoms with Crippen LogP contribution < -0.4 is 5.32 Å². The molecular weight excluding hydrogens is 290 g/mol. The van der Waals surface area contributed by atoms with Crippen LogP contribution in [0.25, 0.3) is 16.5 Å². The quantitative estimate of drug-likeness (QED) is 0.866. The summed E-state index contributed by atoms with van der Waals surface area (Å²) in [5.41, 5.74) is 2.33. The molecule has 0 saturated heterocycles. The van der Waals surface area contributed by atoms with E-state index in [-0.39, 0.29) is 17.4 Å². The number of hydrogen-bond donors (Lipinski definition) is 1. The lowest BCUT2D eigenvalue weighted by atomic mass is 10.0. The number of carbonyl (C=O) groups is 2. The predicted octanol–water partition coefficient (Wildman–Crippen LogP) is 2.28. The molecule has 0 spiro atoms. The van der Waals surface area contributed by atoms with Crippen molar-refractivity contribution in [2.24, 2.45) is 7.05 Å². The smallest absolute Gasteiger partial charge is 0.277 e. The van der Waals surface area contributed by atoms with Crippen LogP contribution >= 0.6 is 0 Å². The van der Waals surface area contributed by atoms with Crippen LogP contribution in [-0.2, 0) is 16.6 Å². The highest BCUT2D eigenvalue weighted by molar-refractivity contribution is 6.37. The Hall–Kier alpha value is -2.56. The molecule has 0 atom stereocenters. The third kappa shape index (κ3) is 2.42. The average molecular weight is 311 g/mol. The van der Waals surface area contributed by atoms with E-state index in [0.29, 0.717) is 11.3 Å². The van der Waals surface area contributed by atoms with Crippen molar-refractivity contribution < 1.29 is 9.59 Å². The van der Waals surface area contributed by atoms with Gasteiger partial charge in [0.05, 0.1) is 5.57 Å². The first-order valence-corrected chi connectivity index (χ1v) is 7.60. The minimum absolute atomic E-state index is 0.266. The summed E-state index contributed by atoms with van der Waals surface area (Å²) in [4.78, 5) is 26.3. The Bertz CT molecular complexity index is 853. The first-order chi connectivity index (χ1) is 10.7. The number of carbonyl (C=O) groups excluding carboxylic acids is 2. The van der Waals surface area contributed by atoms with E-state index in [2.05, 4.69) is 5.32 Å². The topological polar surface area (TPSA) is 54.3 Å². The molecule has 0 fully saturated rings. The van der Waals surface area contributed by atoms with Gasteiger partial charge in [0, 0.05) is 42.3 Å². The zero-order chi connectivity index (χ0) is 16.9. The lowest BCUT2D eigenvalue weighted by Gasteiger charge is -2.22. The summed E-state index contributed by atoms with van der Waals surface area (Å²) in [6.45, 7) is 5.91. The number of amides is 2. The molecule has 1 N–H and O–H groups in total. The molecule has 1 aromatic carbocycles. The molecule has 2 aromatic rings. The molecule has 0 saturated carbocycles. The van der Waals surface area contributed by atoms with Crippen LogP contribution in [0, 0.1) is 0 Å². The standard InChI is InChI=1S/C18H21N3O2/c1-18(2,3)19-15-14(16(22)21(5)17(15)23)12-10-20(4)13-9-7-6-8-11(12)13/h6-10,19H,1-5H3. The number of imide groups is 1. The van der Waals surface area contributed by atoms with Crippen LogP contribution in [-0.4, -0.2) is 33.9 Å². The van der Waals surface area contributed by atoms with Crippen LogP contribution in [0.15, 0.2) is 36.2 Å². The van der Waals surface area contributed by atoms with Crippen LogP contribution in [0.3, 0.4) is 0 Å². The zero-order valence-corrected chi connectivity index (χ0v) is 14.1. The van der Waals surface area contributed by atoms with Gasteiger partial charge in [-0.2, -0.15) is 0 Å². The van der Waals surface area contributed by atoms with E-state index < -0.39 is 0 Å². The van der Waals surface area contributed by atoms with Crippen molar-refractivity contribution in [2.75, 3.05) is 7.05 Å². The van der Waals surface area contributed by atoms with E-state index in [0.717, 1.165) is 16.5 Å². The Morgan fingerprint density at radius 3 is 2.30 bits per heavy atom. The molecule has 2 heterocycles. The molecule has 0 bridgehead atoms. The summed E-state index contributed by atoms with van der Waals surface area (Å²) in [5.74, 6) is -0.550. The molecule has 120 valence electrons. The van der Waals surface area contributed by atoms with Gasteiger partial charge < -0.3 is 9.88 Å². The maximum Gasteiger partial charge on any atom is 0.277 e. The van der Waals surface area contributed by atoms with Gasteiger partial charge in [-0.05, 0) is 26.8 Å². The van der Waals surface area contributed by atoms with Gasteiger partial charge in [-0.1, -0.05) is 18.2 Å². The van der Waals surface area contributed by atoms with Gasteiger partial charge in [-0.15, -0.1) is 0 Å². The number of rotatable bonds is 2. The number of para-hydroxylation sites is 1. The number of fused-ring (bicyclic) bond motifs is 1. The lowest BCUT2D eigenvalue weighted by molar-refractivity contribution is -0.135. The van der Waals surface area contributed by atoms with E-state index >= 15 is 0 Å². The highest BCUT2D eigenvalue weighted by atomic mass is 16.2. The number of hydrogen-bond acceptors (Lipinski definition) is 3. The number of benzene rings is 1. The fourth-order valence-electron chi connectivity index (χ4n) is 2.92. The highest BCUT2D eigenvalue weighted by Gasteiger charge is 2.39. The Kier molecular flexibility index (Phi) is 3.32. The maximum atomic E-state index is 12.7. The largest absolute Gasteiger partial charge is 0.375 e. The first kappa shape index (κ1) is 15.3. The second-order valence-corrected chi connectivity index (χ2v) is 6.97. The van der Waals surface area contributed by atoms with Crippen molar-refractivity contribution in [3.8, 4) is 0 Å². The molecule has 0 aliphatic carbocycles. The van der Waals surface area contributed by atoms with Crippen molar-refractivity contribution >= 4 is 28.3 Å². The molecule has 2 amide bonds. The molecule has 0 unspecified atom stereocenters. The summed E-state index contributed by atoms with van der Waals surface area (Å²) in [6.07, 6.45) is 1.91. The molecule has 1 aromatic heterocycles. The van der Waals surface area contributed by atoms with Gasteiger partial charge in [0.2, 0.25) is 0 Å². The third-order valence-corrected chi connectivity index (χ3v) is 3.95. The SMILES string of the molecule is CN1C(=O)C(NC(C)(C)C)=C(c2cn(C)c3ccccc23)C1=O. The number of likely N-dealkylation sites (N-methyl/N-ethyl adjacent to an activating group) is 1. The van der Waals surface area contributed by atoms with Gasteiger partial charge in [0.25, 0.3) is 11.8 Å². The minimum atomic E-state index is -0.313. The average Bonchev–Trinajstić information content (AvgIpc) is 2.90. The number of aryl methyl sites for hydroxylation is 1. The van der Waals surface area contributed by atoms with Crippen LogP contribution in [0.4, 0.5) is 0 Å². The summed E-state index contributed by atoms with van der Waals surface area (Å²) >= 11 is 0. The van der Waals surface area contributed by atoms with Crippen LogP contribution in [0.1, 0.15) is 26.3 Å². The second kappa shape index (κ2) is 4.98. The molecule has 23 heavy (non-hydrogen) atoms. The Morgan fingerprint density at radius 1 is 1.00 bits per heavy atom. The molecular formula is C18H21N3O2. The van der Waals surface area contributed by atoms with Crippen molar-refractivity contribution in [3.05, 3.63) is 41.7 Å². The fourth-order valence-corrected chi connectivity index (χ4v) is 2.92. The van der Waals surface area contributed by atoms with E-state index in [1.165, 1.54) is 11.9 Å². The first-order valence-electron chi connectivity index (χ1n) is 7.60. The molecule has 5 heteroatoms. The van der Waals surface area contributed by atoms with Gasteiger partial charge >= 0.3 is 0 Å². The normalized spacial score (nSPS) is 16.0. The van der Waals surface area contributed by atoms with E-state index in [1.54, 1.807) is 0 Å². The lowest BCUT2D eigenvalue weighted by Crippen LogP contribution is -2.39. The molecule has 1 aliphatic rings. The summed E-state index contributed by atoms with van der Waals surface area (Å²) < 4.78 is 1.97. The van der Waals surface area contributed by atoms with E-state index in [1.807, 2.05) is 62.8 Å². The number of nitrogens with zero attached hydrogens (tertiary/aromatic N) is 2.